The Balaban J connectivity index is 1.83. The van der Waals surface area contributed by atoms with Crippen molar-refractivity contribution in [3.63, 3.8) is 0 Å². The summed E-state index contributed by atoms with van der Waals surface area (Å²) in [5.41, 5.74) is 3.11. The monoisotopic (exact) mass is 441 g/mol. The molecular weight excluding hydrogens is 418 g/mol. The molecule has 8 nitrogen and oxygen atoms in total. The minimum Gasteiger partial charge on any atom is -0.495 e. The molecule has 162 valence electrons. The highest BCUT2D eigenvalue weighted by molar-refractivity contribution is 7.89. The number of pyridine rings is 1. The van der Waals surface area contributed by atoms with Gasteiger partial charge in [0, 0.05) is 23.5 Å². The van der Waals surface area contributed by atoms with Gasteiger partial charge in [-0.25, -0.2) is 13.6 Å². The average molecular weight is 442 g/mol. The number of amides is 1. The zero-order chi connectivity index (χ0) is 22.6. The van der Waals surface area contributed by atoms with Gasteiger partial charge in [0.15, 0.2) is 0 Å². The predicted molar refractivity (Wildman–Crippen MR) is 117 cm³/mol. The molecule has 0 aliphatic heterocycles. The van der Waals surface area contributed by atoms with Crippen molar-refractivity contribution in [2.24, 2.45) is 5.14 Å². The number of rotatable bonds is 7. The fourth-order valence-electron chi connectivity index (χ4n) is 3.10. The number of nitrogens with zero attached hydrogens (tertiary/aromatic N) is 1. The number of ether oxygens (including phenoxy) is 2. The summed E-state index contributed by atoms with van der Waals surface area (Å²) in [6, 6.07) is 11.2. The zero-order valence-corrected chi connectivity index (χ0v) is 18.2. The molecule has 0 unspecified atom stereocenters. The minimum absolute atomic E-state index is 0.130. The van der Waals surface area contributed by atoms with E-state index in [1.165, 1.54) is 25.3 Å². The molecule has 0 aliphatic carbocycles. The zero-order valence-electron chi connectivity index (χ0n) is 17.4. The number of anilines is 1. The van der Waals surface area contributed by atoms with Gasteiger partial charge < -0.3 is 14.8 Å². The van der Waals surface area contributed by atoms with E-state index < -0.39 is 15.9 Å². The number of carbonyl (C=O) groups is 1. The molecule has 0 bridgehead atoms. The summed E-state index contributed by atoms with van der Waals surface area (Å²) >= 11 is 0. The smallest absolute Gasteiger partial charge is 0.255 e. The third kappa shape index (κ3) is 5.39. The molecule has 0 saturated carbocycles. The lowest BCUT2D eigenvalue weighted by Gasteiger charge is -2.15. The average Bonchev–Trinajstić information content (AvgIpc) is 2.73. The van der Waals surface area contributed by atoms with Crippen LogP contribution in [0.25, 0.3) is 0 Å². The lowest BCUT2D eigenvalue weighted by atomic mass is 10.0. The maximum atomic E-state index is 12.8. The van der Waals surface area contributed by atoms with Crippen LogP contribution in [-0.4, -0.2) is 26.4 Å². The molecule has 3 rings (SSSR count). The van der Waals surface area contributed by atoms with E-state index in [1.54, 1.807) is 24.5 Å². The number of sulfonamides is 1. The van der Waals surface area contributed by atoms with Crippen molar-refractivity contribution in [1.82, 2.24) is 4.98 Å². The van der Waals surface area contributed by atoms with Crippen molar-refractivity contribution in [2.75, 3.05) is 12.4 Å². The van der Waals surface area contributed by atoms with E-state index in [4.69, 9.17) is 14.6 Å². The Morgan fingerprint density at radius 2 is 1.84 bits per heavy atom. The topological polar surface area (TPSA) is 121 Å². The van der Waals surface area contributed by atoms with E-state index >= 15 is 0 Å². The predicted octanol–water partition coefficient (Wildman–Crippen LogP) is 3.19. The lowest BCUT2D eigenvalue weighted by molar-refractivity contribution is 0.102. The first-order valence-electron chi connectivity index (χ1n) is 9.34. The summed E-state index contributed by atoms with van der Waals surface area (Å²) in [5, 5.41) is 7.88. The maximum Gasteiger partial charge on any atom is 0.255 e. The van der Waals surface area contributed by atoms with Crippen LogP contribution in [0.15, 0.2) is 59.8 Å². The number of primary sulfonamides is 1. The number of benzene rings is 2. The Morgan fingerprint density at radius 1 is 1.13 bits per heavy atom. The Bertz CT molecular complexity index is 1190. The first-order chi connectivity index (χ1) is 14.7. The fraction of sp³-hybridized carbons (Fsp3) is 0.182. The number of nitrogens with two attached hydrogens (primary N) is 1. The lowest BCUT2D eigenvalue weighted by Crippen LogP contribution is -2.16. The second kappa shape index (κ2) is 9.15. The molecule has 1 amide bonds. The highest BCUT2D eigenvalue weighted by atomic mass is 32.2. The largest absolute Gasteiger partial charge is 0.495 e. The minimum atomic E-state index is -3.93. The number of nitrogens with one attached hydrogen (secondary N) is 1. The molecule has 0 fully saturated rings. The first kappa shape index (κ1) is 22.3. The van der Waals surface area contributed by atoms with E-state index in [9.17, 15) is 13.2 Å². The number of hydrogen-bond donors (Lipinski definition) is 2. The van der Waals surface area contributed by atoms with Crippen LogP contribution in [0.5, 0.6) is 11.5 Å². The van der Waals surface area contributed by atoms with Gasteiger partial charge in [-0.2, -0.15) is 0 Å². The molecule has 1 aromatic heterocycles. The van der Waals surface area contributed by atoms with E-state index in [-0.39, 0.29) is 10.6 Å². The molecule has 0 radical (unpaired) electrons. The van der Waals surface area contributed by atoms with Crippen molar-refractivity contribution in [1.29, 1.82) is 0 Å². The van der Waals surface area contributed by atoms with Crippen molar-refractivity contribution in [2.45, 2.75) is 25.3 Å². The molecule has 2 aromatic carbocycles. The maximum absolute atomic E-state index is 12.8. The first-order valence-corrected chi connectivity index (χ1v) is 10.9. The van der Waals surface area contributed by atoms with Crippen molar-refractivity contribution in [3.8, 4) is 11.5 Å². The SMILES string of the molecule is COc1ccc(S(N)(=O)=O)cc1NC(=O)c1cc(C)c(OCc2cccnc2)c(C)c1. The van der Waals surface area contributed by atoms with Crippen LogP contribution in [0, 0.1) is 13.8 Å². The Morgan fingerprint density at radius 3 is 2.42 bits per heavy atom. The van der Waals surface area contributed by atoms with Gasteiger partial charge in [0.25, 0.3) is 5.91 Å². The molecular formula is C22H23N3O5S. The van der Waals surface area contributed by atoms with E-state index in [1.807, 2.05) is 26.0 Å². The molecule has 1 heterocycles. The van der Waals surface area contributed by atoms with Gasteiger partial charge in [0.1, 0.15) is 18.1 Å². The van der Waals surface area contributed by atoms with Crippen LogP contribution in [0.3, 0.4) is 0 Å². The van der Waals surface area contributed by atoms with Crippen LogP contribution in [-0.2, 0) is 16.6 Å². The number of carbonyl (C=O) groups excluding carboxylic acids is 1. The van der Waals surface area contributed by atoms with Gasteiger partial charge in [0.05, 0.1) is 17.7 Å². The summed E-state index contributed by atoms with van der Waals surface area (Å²) in [6.45, 7) is 4.06. The fourth-order valence-corrected chi connectivity index (χ4v) is 3.64. The van der Waals surface area contributed by atoms with Gasteiger partial charge in [-0.15, -0.1) is 0 Å². The van der Waals surface area contributed by atoms with Crippen LogP contribution < -0.4 is 19.9 Å². The van der Waals surface area contributed by atoms with E-state index in [0.29, 0.717) is 23.7 Å². The number of methoxy groups -OCH3 is 1. The molecule has 0 atom stereocenters. The molecule has 0 saturated heterocycles. The number of aryl methyl sites for hydroxylation is 2. The third-order valence-corrected chi connectivity index (χ3v) is 5.49. The molecule has 0 aliphatic rings. The van der Waals surface area contributed by atoms with Gasteiger partial charge in [-0.3, -0.25) is 9.78 Å². The van der Waals surface area contributed by atoms with Gasteiger partial charge >= 0.3 is 0 Å². The van der Waals surface area contributed by atoms with Crippen LogP contribution in [0.2, 0.25) is 0 Å². The molecule has 3 N–H and O–H groups in total. The highest BCUT2D eigenvalue weighted by Gasteiger charge is 2.17. The summed E-state index contributed by atoms with van der Waals surface area (Å²) in [5.74, 6) is 0.578. The van der Waals surface area contributed by atoms with E-state index in [2.05, 4.69) is 10.3 Å². The molecule has 9 heteroatoms. The van der Waals surface area contributed by atoms with Crippen LogP contribution >= 0.6 is 0 Å². The summed E-state index contributed by atoms with van der Waals surface area (Å²) < 4.78 is 34.4. The van der Waals surface area contributed by atoms with Gasteiger partial charge in [-0.1, -0.05) is 6.07 Å². The molecule has 31 heavy (non-hydrogen) atoms. The third-order valence-electron chi connectivity index (χ3n) is 4.58. The number of aromatic nitrogens is 1. The summed E-state index contributed by atoms with van der Waals surface area (Å²) in [4.78, 5) is 16.8. The Labute approximate surface area is 181 Å². The van der Waals surface area contributed by atoms with Crippen LogP contribution in [0.4, 0.5) is 5.69 Å². The summed E-state index contributed by atoms with van der Waals surface area (Å²) in [6.07, 6.45) is 3.43. The molecule has 0 spiro atoms. The van der Waals surface area contributed by atoms with E-state index in [0.717, 1.165) is 16.7 Å². The highest BCUT2D eigenvalue weighted by Crippen LogP contribution is 2.29. The van der Waals surface area contributed by atoms with Crippen molar-refractivity contribution >= 4 is 21.6 Å². The Hall–Kier alpha value is -3.43. The molecule has 3 aromatic rings. The standard InChI is InChI=1S/C22H23N3O5S/c1-14-9-17(10-15(2)21(14)30-13-16-5-4-8-24-12-16)22(26)25-19-11-18(31(23,27)28)6-7-20(19)29-3/h4-12H,13H2,1-3H3,(H,25,26)(H2,23,27,28). The number of hydrogen-bond acceptors (Lipinski definition) is 6. The normalized spacial score (nSPS) is 11.1. The van der Waals surface area contributed by atoms with Crippen molar-refractivity contribution in [3.05, 3.63) is 77.1 Å². The quantitative estimate of drug-likeness (QED) is 0.581. The Kier molecular flexibility index (Phi) is 6.57. The summed E-state index contributed by atoms with van der Waals surface area (Å²) in [7, 11) is -2.51. The van der Waals surface area contributed by atoms with Crippen LogP contribution in [0.1, 0.15) is 27.0 Å². The van der Waals surface area contributed by atoms with Crippen molar-refractivity contribution < 1.29 is 22.7 Å². The second-order valence-corrected chi connectivity index (χ2v) is 8.51. The van der Waals surface area contributed by atoms with Gasteiger partial charge in [-0.05, 0) is 61.4 Å². The second-order valence-electron chi connectivity index (χ2n) is 6.95. The van der Waals surface area contributed by atoms with Gasteiger partial charge in [0.2, 0.25) is 10.0 Å².